The zero-order valence-corrected chi connectivity index (χ0v) is 13.2. The molecule has 0 aliphatic carbocycles. The number of nitrogens with two attached hydrogens (primary N) is 1. The van der Waals surface area contributed by atoms with Crippen LogP contribution in [0.2, 0.25) is 0 Å². The van der Waals surface area contributed by atoms with Gasteiger partial charge in [0.05, 0.1) is 5.56 Å². The molecule has 2 rings (SSSR count). The van der Waals surface area contributed by atoms with Crippen LogP contribution in [0.4, 0.5) is 5.69 Å². The predicted molar refractivity (Wildman–Crippen MR) is 87.5 cm³/mol. The Kier molecular flexibility index (Phi) is 4.49. The molecule has 4 nitrogen and oxygen atoms in total. The van der Waals surface area contributed by atoms with Crippen LogP contribution in [-0.4, -0.2) is 23.0 Å². The maximum Gasteiger partial charge on any atom is 0.257 e. The van der Waals surface area contributed by atoms with E-state index in [9.17, 15) is 9.90 Å². The van der Waals surface area contributed by atoms with Crippen LogP contribution in [0.5, 0.6) is 5.75 Å². The number of halogens is 1. The summed E-state index contributed by atoms with van der Waals surface area (Å²) >= 11 is 2.11. The topological polar surface area (TPSA) is 66.6 Å². The SMILES string of the molecule is CN(Cc1cccc(N)c1)C(=O)c1cc(I)ccc1O. The van der Waals surface area contributed by atoms with E-state index < -0.39 is 0 Å². The molecule has 2 aromatic rings. The number of phenolic OH excluding ortho intramolecular Hbond substituents is 1. The molecule has 0 aromatic heterocycles. The number of amides is 1. The van der Waals surface area contributed by atoms with Gasteiger partial charge in [0, 0.05) is 22.8 Å². The van der Waals surface area contributed by atoms with Crippen molar-refractivity contribution in [2.75, 3.05) is 12.8 Å². The average molecular weight is 382 g/mol. The molecular weight excluding hydrogens is 367 g/mol. The first kappa shape index (κ1) is 14.6. The highest BCUT2D eigenvalue weighted by Gasteiger charge is 2.16. The number of rotatable bonds is 3. The third-order valence-electron chi connectivity index (χ3n) is 2.91. The van der Waals surface area contributed by atoms with E-state index in [2.05, 4.69) is 22.6 Å². The second kappa shape index (κ2) is 6.13. The van der Waals surface area contributed by atoms with Crippen molar-refractivity contribution >= 4 is 34.2 Å². The van der Waals surface area contributed by atoms with Crippen molar-refractivity contribution in [3.05, 3.63) is 57.2 Å². The van der Waals surface area contributed by atoms with Crippen molar-refractivity contribution in [2.24, 2.45) is 0 Å². The summed E-state index contributed by atoms with van der Waals surface area (Å²) in [6.07, 6.45) is 0. The highest BCUT2D eigenvalue weighted by atomic mass is 127. The summed E-state index contributed by atoms with van der Waals surface area (Å²) < 4.78 is 0.904. The fraction of sp³-hybridized carbons (Fsp3) is 0.133. The number of hydrogen-bond acceptors (Lipinski definition) is 3. The number of carbonyl (C=O) groups is 1. The molecule has 0 saturated carbocycles. The van der Waals surface area contributed by atoms with Crippen molar-refractivity contribution < 1.29 is 9.90 Å². The van der Waals surface area contributed by atoms with Crippen LogP contribution in [-0.2, 0) is 6.54 Å². The summed E-state index contributed by atoms with van der Waals surface area (Å²) in [4.78, 5) is 13.9. The molecule has 0 unspecified atom stereocenters. The molecule has 0 aliphatic rings. The van der Waals surface area contributed by atoms with Gasteiger partial charge in [-0.15, -0.1) is 0 Å². The Hall–Kier alpha value is -1.76. The number of carbonyl (C=O) groups excluding carboxylic acids is 1. The van der Waals surface area contributed by atoms with Crippen molar-refractivity contribution in [3.8, 4) is 5.75 Å². The molecule has 0 spiro atoms. The van der Waals surface area contributed by atoms with Gasteiger partial charge in [0.2, 0.25) is 0 Å². The van der Waals surface area contributed by atoms with E-state index in [1.807, 2.05) is 18.2 Å². The molecule has 104 valence electrons. The highest BCUT2D eigenvalue weighted by molar-refractivity contribution is 14.1. The minimum Gasteiger partial charge on any atom is -0.507 e. The van der Waals surface area contributed by atoms with E-state index >= 15 is 0 Å². The quantitative estimate of drug-likeness (QED) is 0.634. The van der Waals surface area contributed by atoms with Crippen LogP contribution in [0.15, 0.2) is 42.5 Å². The van der Waals surface area contributed by atoms with Gasteiger partial charge in [-0.1, -0.05) is 12.1 Å². The lowest BCUT2D eigenvalue weighted by Crippen LogP contribution is -2.26. The van der Waals surface area contributed by atoms with Crippen LogP contribution in [0.3, 0.4) is 0 Å². The molecule has 0 radical (unpaired) electrons. The monoisotopic (exact) mass is 382 g/mol. The largest absolute Gasteiger partial charge is 0.507 e. The number of anilines is 1. The molecule has 3 N–H and O–H groups in total. The second-order valence-corrected chi connectivity index (χ2v) is 5.81. The van der Waals surface area contributed by atoms with Crippen LogP contribution in [0.1, 0.15) is 15.9 Å². The lowest BCUT2D eigenvalue weighted by atomic mass is 10.1. The normalized spacial score (nSPS) is 10.3. The van der Waals surface area contributed by atoms with Crippen LogP contribution < -0.4 is 5.73 Å². The minimum absolute atomic E-state index is 0.00478. The van der Waals surface area contributed by atoms with Gasteiger partial charge in [0.25, 0.3) is 5.91 Å². The third-order valence-corrected chi connectivity index (χ3v) is 3.58. The molecule has 20 heavy (non-hydrogen) atoms. The number of hydrogen-bond donors (Lipinski definition) is 2. The molecule has 0 fully saturated rings. The van der Waals surface area contributed by atoms with Gasteiger partial charge in [-0.05, 0) is 58.5 Å². The Morgan fingerprint density at radius 3 is 2.75 bits per heavy atom. The molecule has 0 saturated heterocycles. The maximum absolute atomic E-state index is 12.3. The number of phenols is 1. The molecule has 0 atom stereocenters. The van der Waals surface area contributed by atoms with Crippen molar-refractivity contribution in [1.29, 1.82) is 0 Å². The van der Waals surface area contributed by atoms with Gasteiger partial charge in [-0.3, -0.25) is 4.79 Å². The van der Waals surface area contributed by atoms with E-state index in [-0.39, 0.29) is 11.7 Å². The summed E-state index contributed by atoms with van der Waals surface area (Å²) in [5.41, 5.74) is 7.65. The van der Waals surface area contributed by atoms with Crippen LogP contribution in [0, 0.1) is 3.57 Å². The van der Waals surface area contributed by atoms with Crippen LogP contribution in [0.25, 0.3) is 0 Å². The van der Waals surface area contributed by atoms with E-state index in [0.717, 1.165) is 9.13 Å². The van der Waals surface area contributed by atoms with E-state index in [1.54, 1.807) is 30.1 Å². The predicted octanol–water partition coefficient (Wildman–Crippen LogP) is 2.85. The summed E-state index contributed by atoms with van der Waals surface area (Å²) in [5, 5.41) is 9.79. The molecular formula is C15H15IN2O2. The van der Waals surface area contributed by atoms with Gasteiger partial charge in [-0.2, -0.15) is 0 Å². The van der Waals surface area contributed by atoms with E-state index in [1.165, 1.54) is 6.07 Å². The first-order chi connectivity index (χ1) is 9.47. The zero-order valence-electron chi connectivity index (χ0n) is 11.0. The number of nitrogen functional groups attached to an aromatic ring is 1. The van der Waals surface area contributed by atoms with Gasteiger partial charge in [-0.25, -0.2) is 0 Å². The summed E-state index contributed by atoms with van der Waals surface area (Å²) in [7, 11) is 1.70. The minimum atomic E-state index is -0.219. The standard InChI is InChI=1S/C15H15IN2O2/c1-18(9-10-3-2-4-12(17)7-10)15(20)13-8-11(16)5-6-14(13)19/h2-8,19H,9,17H2,1H3. The fourth-order valence-electron chi connectivity index (χ4n) is 1.92. The molecule has 5 heteroatoms. The summed E-state index contributed by atoms with van der Waals surface area (Å²) in [6.45, 7) is 0.439. The fourth-order valence-corrected chi connectivity index (χ4v) is 2.41. The summed E-state index contributed by atoms with van der Waals surface area (Å²) in [6, 6.07) is 12.4. The lowest BCUT2D eigenvalue weighted by Gasteiger charge is -2.18. The number of benzene rings is 2. The van der Waals surface area contributed by atoms with Gasteiger partial charge in [0.15, 0.2) is 0 Å². The molecule has 1 amide bonds. The Bertz CT molecular complexity index is 644. The van der Waals surface area contributed by atoms with E-state index in [0.29, 0.717) is 17.8 Å². The zero-order chi connectivity index (χ0) is 14.7. The Morgan fingerprint density at radius 1 is 1.30 bits per heavy atom. The number of nitrogens with zero attached hydrogens (tertiary/aromatic N) is 1. The highest BCUT2D eigenvalue weighted by Crippen LogP contribution is 2.21. The van der Waals surface area contributed by atoms with Gasteiger partial charge in [0.1, 0.15) is 5.75 Å². The van der Waals surface area contributed by atoms with Crippen molar-refractivity contribution in [1.82, 2.24) is 4.90 Å². The second-order valence-electron chi connectivity index (χ2n) is 4.57. The summed E-state index contributed by atoms with van der Waals surface area (Å²) in [5.74, 6) is -0.224. The first-order valence-electron chi connectivity index (χ1n) is 6.06. The third kappa shape index (κ3) is 3.41. The Morgan fingerprint density at radius 2 is 2.05 bits per heavy atom. The van der Waals surface area contributed by atoms with E-state index in [4.69, 9.17) is 5.73 Å². The molecule has 2 aromatic carbocycles. The maximum atomic E-state index is 12.3. The Balaban J connectivity index is 2.18. The van der Waals surface area contributed by atoms with Gasteiger partial charge >= 0.3 is 0 Å². The number of aromatic hydroxyl groups is 1. The smallest absolute Gasteiger partial charge is 0.257 e. The average Bonchev–Trinajstić information content (AvgIpc) is 2.40. The molecule has 0 bridgehead atoms. The van der Waals surface area contributed by atoms with Crippen molar-refractivity contribution in [2.45, 2.75) is 6.54 Å². The lowest BCUT2D eigenvalue weighted by molar-refractivity contribution is 0.0782. The van der Waals surface area contributed by atoms with Gasteiger partial charge < -0.3 is 15.7 Å². The molecule has 0 heterocycles. The Labute approximate surface area is 131 Å². The van der Waals surface area contributed by atoms with Crippen molar-refractivity contribution in [3.63, 3.8) is 0 Å². The molecule has 0 aliphatic heterocycles. The first-order valence-corrected chi connectivity index (χ1v) is 7.13. The van der Waals surface area contributed by atoms with Crippen LogP contribution >= 0.6 is 22.6 Å².